The summed E-state index contributed by atoms with van der Waals surface area (Å²) in [7, 11) is 0. The molecule has 2 unspecified atom stereocenters. The Morgan fingerprint density at radius 3 is 2.33 bits per heavy atom. The summed E-state index contributed by atoms with van der Waals surface area (Å²) in [6.45, 7) is 9.42. The summed E-state index contributed by atoms with van der Waals surface area (Å²) in [6, 6.07) is -1.47. The van der Waals surface area contributed by atoms with Crippen LogP contribution in [0.15, 0.2) is 16.8 Å². The van der Waals surface area contributed by atoms with Gasteiger partial charge in [-0.15, -0.1) is 0 Å². The topological polar surface area (TPSA) is 111 Å². The van der Waals surface area contributed by atoms with Gasteiger partial charge >= 0.3 is 0 Å². The van der Waals surface area contributed by atoms with Crippen LogP contribution in [0.4, 0.5) is 0 Å². The molecular weight excluding hydrogens is 268 g/mol. The number of nitrogens with one attached hydrogen (secondary N) is 1. The number of unbranched alkanes of at least 4 members (excludes halogenated alkanes) is 1. The van der Waals surface area contributed by atoms with Crippen molar-refractivity contribution < 1.29 is 9.59 Å². The van der Waals surface area contributed by atoms with Gasteiger partial charge in [-0.2, -0.15) is 0 Å². The first-order chi connectivity index (χ1) is 9.92. The number of allylic oxidation sites excluding steroid dienone is 1. The first-order valence-electron chi connectivity index (χ1n) is 7.45. The molecule has 0 saturated heterocycles. The minimum atomic E-state index is -0.744. The van der Waals surface area contributed by atoms with Crippen molar-refractivity contribution in [1.82, 2.24) is 5.32 Å². The average Bonchev–Trinajstić information content (AvgIpc) is 2.47. The molecule has 0 aliphatic rings. The number of primary amides is 1. The Bertz CT molecular complexity index is 365. The van der Waals surface area contributed by atoms with Crippen molar-refractivity contribution in [2.45, 2.75) is 66.0 Å². The van der Waals surface area contributed by atoms with Crippen LogP contribution in [-0.4, -0.2) is 30.1 Å². The van der Waals surface area contributed by atoms with Crippen LogP contribution in [0.1, 0.15) is 53.9 Å². The van der Waals surface area contributed by atoms with Crippen molar-refractivity contribution in [2.75, 3.05) is 0 Å². The van der Waals surface area contributed by atoms with E-state index < -0.39 is 23.9 Å². The second-order valence-electron chi connectivity index (χ2n) is 4.32. The molecule has 0 aromatic heterocycles. The maximum Gasteiger partial charge on any atom is 0.239 e. The van der Waals surface area contributed by atoms with Crippen LogP contribution in [0.2, 0.25) is 0 Å². The number of hydrogen-bond donors (Lipinski definition) is 3. The molecule has 0 rings (SSSR count). The highest BCUT2D eigenvalue weighted by atomic mass is 16.2. The van der Waals surface area contributed by atoms with Crippen molar-refractivity contribution in [3.63, 3.8) is 0 Å². The van der Waals surface area contributed by atoms with E-state index in [-0.39, 0.29) is 0 Å². The monoisotopic (exact) mass is 298 g/mol. The predicted molar refractivity (Wildman–Crippen MR) is 87.9 cm³/mol. The van der Waals surface area contributed by atoms with E-state index in [4.69, 9.17) is 11.5 Å². The van der Waals surface area contributed by atoms with Crippen LogP contribution in [0.3, 0.4) is 0 Å². The third-order valence-electron chi connectivity index (χ3n) is 2.56. The lowest BCUT2D eigenvalue weighted by Gasteiger charge is -2.15. The van der Waals surface area contributed by atoms with Gasteiger partial charge < -0.3 is 16.8 Å². The molecule has 0 radical (unpaired) electrons. The summed E-state index contributed by atoms with van der Waals surface area (Å²) in [6.07, 6.45) is 5.86. The largest absolute Gasteiger partial charge is 0.368 e. The number of carbonyl (C=O) groups is 2. The fourth-order valence-corrected chi connectivity index (χ4v) is 1.27. The van der Waals surface area contributed by atoms with Gasteiger partial charge in [0.25, 0.3) is 0 Å². The highest BCUT2D eigenvalue weighted by Crippen LogP contribution is 2.06. The van der Waals surface area contributed by atoms with E-state index in [0.717, 1.165) is 18.5 Å². The SMILES string of the molecule is C/C=C(/CC(N)C(=O)NC(C)C(N)=O)N=CCCC.CC. The van der Waals surface area contributed by atoms with E-state index in [1.54, 1.807) is 0 Å². The molecule has 6 nitrogen and oxygen atoms in total. The van der Waals surface area contributed by atoms with Gasteiger partial charge in [0.15, 0.2) is 0 Å². The Hall–Kier alpha value is -1.69. The minimum absolute atomic E-state index is 0.327. The molecular formula is C15H30N4O2. The van der Waals surface area contributed by atoms with Crippen LogP contribution in [-0.2, 0) is 9.59 Å². The second-order valence-corrected chi connectivity index (χ2v) is 4.32. The van der Waals surface area contributed by atoms with Gasteiger partial charge in [-0.25, -0.2) is 0 Å². The zero-order valence-corrected chi connectivity index (χ0v) is 13.8. The molecule has 0 saturated carbocycles. The summed E-state index contributed by atoms with van der Waals surface area (Å²) in [5.74, 6) is -0.996. The third kappa shape index (κ3) is 10.7. The molecule has 122 valence electrons. The number of nitrogens with zero attached hydrogens (tertiary/aromatic N) is 1. The van der Waals surface area contributed by atoms with Crippen molar-refractivity contribution >= 4 is 18.0 Å². The van der Waals surface area contributed by atoms with Crippen molar-refractivity contribution in [2.24, 2.45) is 16.5 Å². The Balaban J connectivity index is 0. The molecule has 0 aromatic carbocycles. The van der Waals surface area contributed by atoms with E-state index >= 15 is 0 Å². The molecule has 6 heteroatoms. The van der Waals surface area contributed by atoms with Crippen molar-refractivity contribution in [1.29, 1.82) is 0 Å². The molecule has 0 aliphatic heterocycles. The number of carbonyl (C=O) groups excluding carboxylic acids is 2. The van der Waals surface area contributed by atoms with Crippen LogP contribution < -0.4 is 16.8 Å². The van der Waals surface area contributed by atoms with Gasteiger partial charge in [-0.05, 0) is 20.3 Å². The first kappa shape index (κ1) is 21.6. The van der Waals surface area contributed by atoms with E-state index in [2.05, 4.69) is 17.2 Å². The Morgan fingerprint density at radius 1 is 1.33 bits per heavy atom. The van der Waals surface area contributed by atoms with Crippen molar-refractivity contribution in [3.05, 3.63) is 11.8 Å². The van der Waals surface area contributed by atoms with Crippen LogP contribution >= 0.6 is 0 Å². The summed E-state index contributed by atoms with van der Waals surface area (Å²) in [5, 5.41) is 2.46. The standard InChI is InChI=1S/C13H24N4O2.C2H6/c1-4-6-7-16-10(5-2)8-11(14)13(19)17-9(3)12(15)18;1-2/h5,7,9,11H,4,6,8,14H2,1-3H3,(H2,15,18)(H,17,19);1-2H3/b10-5-,16-7?;. The molecule has 0 heterocycles. The number of rotatable bonds is 8. The highest BCUT2D eigenvalue weighted by Gasteiger charge is 2.19. The minimum Gasteiger partial charge on any atom is -0.368 e. The molecule has 0 spiro atoms. The van der Waals surface area contributed by atoms with E-state index in [1.807, 2.05) is 33.1 Å². The first-order valence-corrected chi connectivity index (χ1v) is 7.45. The Kier molecular flexibility index (Phi) is 13.7. The maximum absolute atomic E-state index is 11.7. The molecule has 21 heavy (non-hydrogen) atoms. The maximum atomic E-state index is 11.7. The van der Waals surface area contributed by atoms with Gasteiger partial charge in [-0.3, -0.25) is 14.6 Å². The molecule has 0 bridgehead atoms. The number of hydrogen-bond acceptors (Lipinski definition) is 4. The lowest BCUT2D eigenvalue weighted by atomic mass is 10.1. The number of aliphatic imine (C=N–C) groups is 1. The van der Waals surface area contributed by atoms with Gasteiger partial charge in [-0.1, -0.05) is 33.3 Å². The lowest BCUT2D eigenvalue weighted by Crippen LogP contribution is -2.49. The number of nitrogens with two attached hydrogens (primary N) is 2. The zero-order valence-electron chi connectivity index (χ0n) is 13.8. The second kappa shape index (κ2) is 13.3. The Morgan fingerprint density at radius 2 is 1.90 bits per heavy atom. The highest BCUT2D eigenvalue weighted by molar-refractivity contribution is 5.88. The molecule has 0 aliphatic carbocycles. The Labute approximate surface area is 128 Å². The van der Waals surface area contributed by atoms with Crippen LogP contribution in [0, 0.1) is 0 Å². The molecule has 5 N–H and O–H groups in total. The molecule has 2 atom stereocenters. The summed E-state index contributed by atoms with van der Waals surface area (Å²) < 4.78 is 0. The molecule has 0 fully saturated rings. The van der Waals surface area contributed by atoms with Crippen LogP contribution in [0.25, 0.3) is 0 Å². The third-order valence-corrected chi connectivity index (χ3v) is 2.56. The average molecular weight is 298 g/mol. The normalized spacial score (nSPS) is 14.1. The van der Waals surface area contributed by atoms with Gasteiger partial charge in [0.05, 0.1) is 6.04 Å². The van der Waals surface area contributed by atoms with E-state index in [9.17, 15) is 9.59 Å². The summed E-state index contributed by atoms with van der Waals surface area (Å²) in [4.78, 5) is 26.8. The quantitative estimate of drug-likeness (QED) is 0.590. The molecule has 0 aromatic rings. The smallest absolute Gasteiger partial charge is 0.239 e. The van der Waals surface area contributed by atoms with E-state index in [0.29, 0.717) is 6.42 Å². The van der Waals surface area contributed by atoms with Gasteiger partial charge in [0.2, 0.25) is 11.8 Å². The van der Waals surface area contributed by atoms with Gasteiger partial charge in [0, 0.05) is 18.3 Å². The molecule has 2 amide bonds. The van der Waals surface area contributed by atoms with Crippen molar-refractivity contribution in [3.8, 4) is 0 Å². The van der Waals surface area contributed by atoms with E-state index in [1.165, 1.54) is 6.92 Å². The summed E-state index contributed by atoms with van der Waals surface area (Å²) >= 11 is 0. The van der Waals surface area contributed by atoms with Crippen LogP contribution in [0.5, 0.6) is 0 Å². The van der Waals surface area contributed by atoms with Gasteiger partial charge in [0.1, 0.15) is 6.04 Å². The zero-order chi connectivity index (χ0) is 16.8. The fraction of sp³-hybridized carbons (Fsp3) is 0.667. The number of amides is 2. The predicted octanol–water partition coefficient (Wildman–Crippen LogP) is 1.49. The fourth-order valence-electron chi connectivity index (χ4n) is 1.27. The lowest BCUT2D eigenvalue weighted by molar-refractivity contribution is -0.127. The summed E-state index contributed by atoms with van der Waals surface area (Å²) in [5.41, 5.74) is 11.6.